The first kappa shape index (κ1) is 21.9. The molecule has 5 nitrogen and oxygen atoms in total. The number of sulfonamides is 1. The predicted octanol–water partition coefficient (Wildman–Crippen LogP) is 4.71. The van der Waals surface area contributed by atoms with Crippen LogP contribution < -0.4 is 4.72 Å². The van der Waals surface area contributed by atoms with Crippen LogP contribution in [0, 0.1) is 5.92 Å². The minimum absolute atomic E-state index is 0.0502. The first-order valence-electron chi connectivity index (χ1n) is 9.18. The van der Waals surface area contributed by atoms with Crippen molar-refractivity contribution in [2.75, 3.05) is 0 Å². The summed E-state index contributed by atoms with van der Waals surface area (Å²) in [5, 5.41) is 9.85. The van der Waals surface area contributed by atoms with Crippen LogP contribution in [-0.4, -0.2) is 25.5 Å². The highest BCUT2D eigenvalue weighted by atomic mass is 79.9. The standard InChI is InChI=1S/C20H26BrNO4S/c21-18-10-5-7-16(15-18)13-14-27(25,26)22-19-11-6-9-17(19)8-3-1-2-4-12-20(23)24/h1,3,5,7,10,13-15,17,19,22H,2,4,6,8-9,11-12H2,(H,23,24)/b3-1+,14-13+. The molecule has 1 aliphatic carbocycles. The highest BCUT2D eigenvalue weighted by Crippen LogP contribution is 2.29. The molecule has 2 rings (SSSR count). The zero-order valence-electron chi connectivity index (χ0n) is 15.2. The molecule has 148 valence electrons. The number of nitrogens with one attached hydrogen (secondary N) is 1. The molecule has 0 aromatic heterocycles. The maximum Gasteiger partial charge on any atom is 0.303 e. The molecule has 1 fully saturated rings. The van der Waals surface area contributed by atoms with E-state index in [1.807, 2.05) is 30.3 Å². The molecule has 2 atom stereocenters. The summed E-state index contributed by atoms with van der Waals surface area (Å²) < 4.78 is 28.5. The monoisotopic (exact) mass is 455 g/mol. The van der Waals surface area contributed by atoms with Crippen molar-refractivity contribution < 1.29 is 18.3 Å². The number of benzene rings is 1. The van der Waals surface area contributed by atoms with E-state index in [0.29, 0.717) is 6.42 Å². The van der Waals surface area contributed by atoms with Crippen molar-refractivity contribution in [2.45, 2.75) is 51.0 Å². The molecule has 0 amide bonds. The van der Waals surface area contributed by atoms with Gasteiger partial charge in [0.05, 0.1) is 0 Å². The molecule has 2 unspecified atom stereocenters. The molecular weight excluding hydrogens is 430 g/mol. The van der Waals surface area contributed by atoms with Gasteiger partial charge in [0.15, 0.2) is 0 Å². The smallest absolute Gasteiger partial charge is 0.303 e. The van der Waals surface area contributed by atoms with Gasteiger partial charge < -0.3 is 5.11 Å². The van der Waals surface area contributed by atoms with Gasteiger partial charge >= 0.3 is 5.97 Å². The van der Waals surface area contributed by atoms with E-state index < -0.39 is 16.0 Å². The Morgan fingerprint density at radius 3 is 2.85 bits per heavy atom. The van der Waals surface area contributed by atoms with Gasteiger partial charge in [-0.2, -0.15) is 0 Å². The Labute approximate surface area is 169 Å². The lowest BCUT2D eigenvalue weighted by Gasteiger charge is -2.18. The highest BCUT2D eigenvalue weighted by Gasteiger charge is 2.28. The van der Waals surface area contributed by atoms with Crippen molar-refractivity contribution in [3.63, 3.8) is 0 Å². The molecule has 0 spiro atoms. The number of hydrogen-bond donors (Lipinski definition) is 2. The third kappa shape index (κ3) is 8.41. The number of carboxylic acid groups (broad SMARTS) is 1. The van der Waals surface area contributed by atoms with E-state index in [9.17, 15) is 13.2 Å². The van der Waals surface area contributed by atoms with Gasteiger partial charge in [-0.1, -0.05) is 46.6 Å². The normalized spacial score (nSPS) is 20.6. The number of allylic oxidation sites excluding steroid dienone is 2. The van der Waals surface area contributed by atoms with Gasteiger partial charge in [0.2, 0.25) is 10.0 Å². The van der Waals surface area contributed by atoms with Crippen LogP contribution in [0.3, 0.4) is 0 Å². The summed E-state index contributed by atoms with van der Waals surface area (Å²) in [6.45, 7) is 0. The Kier molecular flexibility index (Phi) is 8.73. The molecule has 1 aromatic carbocycles. The van der Waals surface area contributed by atoms with Gasteiger partial charge in [-0.3, -0.25) is 4.79 Å². The van der Waals surface area contributed by atoms with Gasteiger partial charge in [0.25, 0.3) is 0 Å². The van der Waals surface area contributed by atoms with Crippen LogP contribution in [0.25, 0.3) is 6.08 Å². The molecule has 1 aromatic rings. The third-order valence-electron chi connectivity index (χ3n) is 4.63. The van der Waals surface area contributed by atoms with Crippen LogP contribution in [0.15, 0.2) is 46.3 Å². The molecule has 27 heavy (non-hydrogen) atoms. The summed E-state index contributed by atoms with van der Waals surface area (Å²) in [7, 11) is -3.49. The van der Waals surface area contributed by atoms with E-state index in [2.05, 4.69) is 26.7 Å². The average molecular weight is 456 g/mol. The lowest BCUT2D eigenvalue weighted by atomic mass is 10.00. The van der Waals surface area contributed by atoms with E-state index >= 15 is 0 Å². The highest BCUT2D eigenvalue weighted by molar-refractivity contribution is 9.10. The number of hydrogen-bond acceptors (Lipinski definition) is 3. The topological polar surface area (TPSA) is 83.5 Å². The molecule has 0 heterocycles. The summed E-state index contributed by atoms with van der Waals surface area (Å²) in [5.41, 5.74) is 0.821. The van der Waals surface area contributed by atoms with E-state index in [1.54, 1.807) is 6.08 Å². The fourth-order valence-electron chi connectivity index (χ4n) is 3.26. The SMILES string of the molecule is O=C(O)CCC/C=C/CC1CCCC1NS(=O)(=O)/C=C/c1cccc(Br)c1. The number of carbonyl (C=O) groups is 1. The number of rotatable bonds is 10. The van der Waals surface area contributed by atoms with Gasteiger partial charge in [-0.15, -0.1) is 0 Å². The first-order valence-corrected chi connectivity index (χ1v) is 11.5. The number of aliphatic carboxylic acids is 1. The average Bonchev–Trinajstić information content (AvgIpc) is 3.02. The van der Waals surface area contributed by atoms with Gasteiger partial charge in [-0.05, 0) is 61.8 Å². The molecule has 1 aliphatic rings. The molecule has 0 bridgehead atoms. The molecule has 0 aliphatic heterocycles. The number of carboxylic acids is 1. The zero-order chi connectivity index (χ0) is 19.7. The second-order valence-electron chi connectivity index (χ2n) is 6.81. The van der Waals surface area contributed by atoms with Crippen LogP contribution in [0.2, 0.25) is 0 Å². The maximum atomic E-state index is 12.4. The van der Waals surface area contributed by atoms with E-state index in [4.69, 9.17) is 5.11 Å². The second kappa shape index (κ2) is 10.8. The lowest BCUT2D eigenvalue weighted by molar-refractivity contribution is -0.137. The first-order chi connectivity index (χ1) is 12.9. The number of unbranched alkanes of at least 4 members (excludes halogenated alkanes) is 1. The quantitative estimate of drug-likeness (QED) is 0.395. The van der Waals surface area contributed by atoms with Crippen LogP contribution in [-0.2, 0) is 14.8 Å². The third-order valence-corrected chi connectivity index (χ3v) is 6.25. The Morgan fingerprint density at radius 2 is 2.11 bits per heavy atom. The van der Waals surface area contributed by atoms with Crippen molar-refractivity contribution in [3.05, 3.63) is 51.9 Å². The Balaban J connectivity index is 1.85. The number of halogens is 1. The van der Waals surface area contributed by atoms with Crippen molar-refractivity contribution in [2.24, 2.45) is 5.92 Å². The summed E-state index contributed by atoms with van der Waals surface area (Å²) in [4.78, 5) is 10.5. The van der Waals surface area contributed by atoms with Gasteiger partial charge in [0.1, 0.15) is 0 Å². The van der Waals surface area contributed by atoms with Gasteiger partial charge in [0, 0.05) is 22.3 Å². The largest absolute Gasteiger partial charge is 0.481 e. The van der Waals surface area contributed by atoms with Crippen LogP contribution in [0.1, 0.15) is 50.5 Å². The maximum absolute atomic E-state index is 12.4. The molecule has 0 saturated heterocycles. The van der Waals surface area contributed by atoms with E-state index in [-0.39, 0.29) is 18.4 Å². The Morgan fingerprint density at radius 1 is 1.30 bits per heavy atom. The molecular formula is C20H26BrNO4S. The van der Waals surface area contributed by atoms with Crippen molar-refractivity contribution >= 4 is 38.0 Å². The second-order valence-corrected chi connectivity index (χ2v) is 9.32. The zero-order valence-corrected chi connectivity index (χ0v) is 17.6. The minimum Gasteiger partial charge on any atom is -0.481 e. The predicted molar refractivity (Wildman–Crippen MR) is 112 cm³/mol. The van der Waals surface area contributed by atoms with Crippen LogP contribution >= 0.6 is 15.9 Å². The summed E-state index contributed by atoms with van der Waals surface area (Å²) in [5.74, 6) is -0.487. The molecule has 2 N–H and O–H groups in total. The van der Waals surface area contributed by atoms with Crippen molar-refractivity contribution in [3.8, 4) is 0 Å². The van der Waals surface area contributed by atoms with Crippen LogP contribution in [0.4, 0.5) is 0 Å². The molecule has 7 heteroatoms. The van der Waals surface area contributed by atoms with Crippen molar-refractivity contribution in [1.29, 1.82) is 0 Å². The summed E-state index contributed by atoms with van der Waals surface area (Å²) >= 11 is 3.37. The van der Waals surface area contributed by atoms with E-state index in [1.165, 1.54) is 5.41 Å². The Hall–Kier alpha value is -1.44. The molecule has 0 radical (unpaired) electrons. The molecule has 1 saturated carbocycles. The summed E-state index contributed by atoms with van der Waals surface area (Å²) in [6.07, 6.45) is 10.9. The fourth-order valence-corrected chi connectivity index (χ4v) is 4.83. The Bertz CT molecular complexity index is 789. The van der Waals surface area contributed by atoms with Crippen LogP contribution in [0.5, 0.6) is 0 Å². The summed E-state index contributed by atoms with van der Waals surface area (Å²) in [6, 6.07) is 7.41. The fraction of sp³-hybridized carbons (Fsp3) is 0.450. The van der Waals surface area contributed by atoms with Gasteiger partial charge in [-0.25, -0.2) is 13.1 Å². The van der Waals surface area contributed by atoms with E-state index in [0.717, 1.165) is 42.1 Å². The minimum atomic E-state index is -3.49. The van der Waals surface area contributed by atoms with Crippen molar-refractivity contribution in [1.82, 2.24) is 4.72 Å². The lowest BCUT2D eigenvalue weighted by Crippen LogP contribution is -2.36.